The van der Waals surface area contributed by atoms with Crippen LogP contribution in [-0.2, 0) is 4.79 Å². The SMILES string of the molecule is CC(=O)N1CC(O)(CNC(=O)c2cnc3ccccc3c2)C1. The summed E-state index contributed by atoms with van der Waals surface area (Å²) in [6.45, 7) is 2.07. The lowest BCUT2D eigenvalue weighted by Crippen LogP contribution is -2.67. The highest BCUT2D eigenvalue weighted by molar-refractivity contribution is 5.97. The second kappa shape index (κ2) is 5.38. The van der Waals surface area contributed by atoms with E-state index in [0.29, 0.717) is 5.56 Å². The highest BCUT2D eigenvalue weighted by atomic mass is 16.3. The molecule has 1 aromatic carbocycles. The number of nitrogens with one attached hydrogen (secondary N) is 1. The molecule has 1 aliphatic heterocycles. The molecule has 6 heteroatoms. The molecule has 0 aliphatic carbocycles. The van der Waals surface area contributed by atoms with E-state index in [1.165, 1.54) is 18.0 Å². The molecule has 0 spiro atoms. The number of hydrogen-bond acceptors (Lipinski definition) is 4. The summed E-state index contributed by atoms with van der Waals surface area (Å²) in [7, 11) is 0. The number of hydrogen-bond donors (Lipinski definition) is 2. The Morgan fingerprint density at radius 3 is 2.82 bits per heavy atom. The number of aromatic nitrogens is 1. The van der Waals surface area contributed by atoms with Gasteiger partial charge >= 0.3 is 0 Å². The van der Waals surface area contributed by atoms with Gasteiger partial charge in [0, 0.05) is 18.5 Å². The Balaban J connectivity index is 1.63. The molecule has 0 bridgehead atoms. The first-order valence-corrected chi connectivity index (χ1v) is 7.08. The Morgan fingerprint density at radius 1 is 1.36 bits per heavy atom. The summed E-state index contributed by atoms with van der Waals surface area (Å²) < 4.78 is 0. The normalized spacial score (nSPS) is 16.2. The molecule has 0 radical (unpaired) electrons. The minimum atomic E-state index is -1.04. The van der Waals surface area contributed by atoms with Crippen molar-refractivity contribution in [2.24, 2.45) is 0 Å². The van der Waals surface area contributed by atoms with E-state index in [-0.39, 0.29) is 31.4 Å². The van der Waals surface area contributed by atoms with Crippen molar-refractivity contribution in [1.82, 2.24) is 15.2 Å². The number of aliphatic hydroxyl groups is 1. The van der Waals surface area contributed by atoms with Crippen LogP contribution in [0.2, 0.25) is 0 Å². The van der Waals surface area contributed by atoms with Crippen LogP contribution in [0.4, 0.5) is 0 Å². The van der Waals surface area contributed by atoms with Gasteiger partial charge in [-0.05, 0) is 12.1 Å². The molecule has 1 saturated heterocycles. The van der Waals surface area contributed by atoms with Gasteiger partial charge in [0.1, 0.15) is 5.60 Å². The summed E-state index contributed by atoms with van der Waals surface area (Å²) in [5, 5.41) is 13.8. The Kier molecular flexibility index (Phi) is 3.54. The number of carbonyl (C=O) groups is 2. The van der Waals surface area contributed by atoms with Crippen LogP contribution in [0.1, 0.15) is 17.3 Å². The molecular weight excluding hydrogens is 282 g/mol. The molecule has 0 unspecified atom stereocenters. The maximum Gasteiger partial charge on any atom is 0.252 e. The minimum Gasteiger partial charge on any atom is -0.384 e. The van der Waals surface area contributed by atoms with E-state index in [4.69, 9.17) is 0 Å². The van der Waals surface area contributed by atoms with Crippen LogP contribution < -0.4 is 5.32 Å². The lowest BCUT2D eigenvalue weighted by atomic mass is 9.94. The average Bonchev–Trinajstić information content (AvgIpc) is 2.49. The van der Waals surface area contributed by atoms with Gasteiger partial charge in [-0.3, -0.25) is 14.6 Å². The summed E-state index contributed by atoms with van der Waals surface area (Å²) >= 11 is 0. The van der Waals surface area contributed by atoms with Crippen molar-refractivity contribution >= 4 is 22.7 Å². The van der Waals surface area contributed by atoms with Crippen LogP contribution >= 0.6 is 0 Å². The summed E-state index contributed by atoms with van der Waals surface area (Å²) in [5.41, 5.74) is 0.241. The Morgan fingerprint density at radius 2 is 2.09 bits per heavy atom. The maximum absolute atomic E-state index is 12.1. The number of carbonyl (C=O) groups excluding carboxylic acids is 2. The molecule has 22 heavy (non-hydrogen) atoms. The first-order chi connectivity index (χ1) is 10.5. The predicted octanol–water partition coefficient (Wildman–Crippen LogP) is 0.558. The molecule has 3 rings (SSSR count). The van der Waals surface area contributed by atoms with Crippen molar-refractivity contribution in [3.8, 4) is 0 Å². The third-order valence-corrected chi connectivity index (χ3v) is 3.85. The van der Waals surface area contributed by atoms with Crippen molar-refractivity contribution in [2.75, 3.05) is 19.6 Å². The lowest BCUT2D eigenvalue weighted by molar-refractivity contribution is -0.151. The molecule has 2 N–H and O–H groups in total. The fourth-order valence-electron chi connectivity index (χ4n) is 2.54. The smallest absolute Gasteiger partial charge is 0.252 e. The summed E-state index contributed by atoms with van der Waals surface area (Å²) in [6, 6.07) is 9.32. The molecule has 1 aromatic heterocycles. The third-order valence-electron chi connectivity index (χ3n) is 3.85. The number of rotatable bonds is 3. The molecule has 2 heterocycles. The van der Waals surface area contributed by atoms with Crippen molar-refractivity contribution in [2.45, 2.75) is 12.5 Å². The summed E-state index contributed by atoms with van der Waals surface area (Å²) in [5.74, 6) is -0.359. The van der Waals surface area contributed by atoms with E-state index in [2.05, 4.69) is 10.3 Å². The van der Waals surface area contributed by atoms with Crippen LogP contribution in [0.3, 0.4) is 0 Å². The van der Waals surface area contributed by atoms with E-state index in [1.807, 2.05) is 24.3 Å². The monoisotopic (exact) mass is 299 g/mol. The van der Waals surface area contributed by atoms with Crippen LogP contribution in [0.25, 0.3) is 10.9 Å². The topological polar surface area (TPSA) is 82.5 Å². The maximum atomic E-state index is 12.1. The fraction of sp³-hybridized carbons (Fsp3) is 0.312. The molecule has 2 amide bonds. The summed E-state index contributed by atoms with van der Waals surface area (Å²) in [4.78, 5) is 29.0. The minimum absolute atomic E-state index is 0.0743. The van der Waals surface area contributed by atoms with Crippen molar-refractivity contribution < 1.29 is 14.7 Å². The fourth-order valence-corrected chi connectivity index (χ4v) is 2.54. The van der Waals surface area contributed by atoms with Gasteiger partial charge in [-0.2, -0.15) is 0 Å². The second-order valence-corrected chi connectivity index (χ2v) is 5.70. The van der Waals surface area contributed by atoms with E-state index in [0.717, 1.165) is 10.9 Å². The van der Waals surface area contributed by atoms with Crippen LogP contribution in [0, 0.1) is 0 Å². The van der Waals surface area contributed by atoms with Crippen molar-refractivity contribution in [3.05, 3.63) is 42.1 Å². The van der Waals surface area contributed by atoms with Gasteiger partial charge in [0.25, 0.3) is 5.91 Å². The van der Waals surface area contributed by atoms with E-state index >= 15 is 0 Å². The van der Waals surface area contributed by atoms with E-state index < -0.39 is 5.60 Å². The number of nitrogens with zero attached hydrogens (tertiary/aromatic N) is 2. The summed E-state index contributed by atoms with van der Waals surface area (Å²) in [6.07, 6.45) is 1.52. The van der Waals surface area contributed by atoms with E-state index in [1.54, 1.807) is 6.07 Å². The first kappa shape index (κ1) is 14.5. The van der Waals surface area contributed by atoms with Crippen LogP contribution in [-0.4, -0.2) is 52.0 Å². The van der Waals surface area contributed by atoms with Gasteiger partial charge in [0.2, 0.25) is 5.91 Å². The van der Waals surface area contributed by atoms with Gasteiger partial charge in [0.15, 0.2) is 0 Å². The number of para-hydroxylation sites is 1. The van der Waals surface area contributed by atoms with Crippen molar-refractivity contribution in [1.29, 1.82) is 0 Å². The highest BCUT2D eigenvalue weighted by Gasteiger charge is 2.42. The first-order valence-electron chi connectivity index (χ1n) is 7.08. The number of pyridine rings is 1. The molecule has 1 fully saturated rings. The highest BCUT2D eigenvalue weighted by Crippen LogP contribution is 2.20. The number of likely N-dealkylation sites (tertiary alicyclic amines) is 1. The van der Waals surface area contributed by atoms with Crippen LogP contribution in [0.5, 0.6) is 0 Å². The van der Waals surface area contributed by atoms with E-state index in [9.17, 15) is 14.7 Å². The molecule has 6 nitrogen and oxygen atoms in total. The Hall–Kier alpha value is -2.47. The standard InChI is InChI=1S/C16H17N3O3/c1-11(20)19-9-16(22,10-19)8-18-15(21)13-6-12-4-2-3-5-14(12)17-7-13/h2-7,22H,8-10H2,1H3,(H,18,21). The lowest BCUT2D eigenvalue weighted by Gasteiger charge is -2.46. The largest absolute Gasteiger partial charge is 0.384 e. The quantitative estimate of drug-likeness (QED) is 0.867. The molecule has 2 aromatic rings. The van der Waals surface area contributed by atoms with Crippen LogP contribution in [0.15, 0.2) is 36.5 Å². The molecule has 0 atom stereocenters. The zero-order valence-corrected chi connectivity index (χ0v) is 12.2. The second-order valence-electron chi connectivity index (χ2n) is 5.70. The number of fused-ring (bicyclic) bond motifs is 1. The van der Waals surface area contributed by atoms with Gasteiger partial charge in [0.05, 0.1) is 30.7 Å². The molecule has 114 valence electrons. The van der Waals surface area contributed by atoms with Gasteiger partial charge < -0.3 is 15.3 Å². The number of β-amino-alcohol motifs (C(OH)–C–C–N with tert-alkyl or cyclic N) is 1. The van der Waals surface area contributed by atoms with Gasteiger partial charge in [-0.1, -0.05) is 18.2 Å². The average molecular weight is 299 g/mol. The Bertz CT molecular complexity index is 738. The molecule has 1 aliphatic rings. The zero-order valence-electron chi connectivity index (χ0n) is 12.2. The number of amides is 2. The number of benzene rings is 1. The predicted molar refractivity (Wildman–Crippen MR) is 81.3 cm³/mol. The molecule has 0 saturated carbocycles. The Labute approximate surface area is 127 Å². The third kappa shape index (κ3) is 2.78. The van der Waals surface area contributed by atoms with Gasteiger partial charge in [-0.25, -0.2) is 0 Å². The zero-order chi connectivity index (χ0) is 15.7. The van der Waals surface area contributed by atoms with Crippen molar-refractivity contribution in [3.63, 3.8) is 0 Å². The van der Waals surface area contributed by atoms with Gasteiger partial charge in [-0.15, -0.1) is 0 Å². The molecular formula is C16H17N3O3.